The lowest BCUT2D eigenvalue weighted by molar-refractivity contribution is -0.137. The fourth-order valence-corrected chi connectivity index (χ4v) is 4.39. The molecular weight excluding hydrogens is 369 g/mol. The number of nitrogens with one attached hydrogen (secondary N) is 2. The van der Waals surface area contributed by atoms with Gasteiger partial charge in [-0.1, -0.05) is 6.07 Å². The van der Waals surface area contributed by atoms with Gasteiger partial charge in [0.05, 0.1) is 17.1 Å². The average Bonchev–Trinajstić information content (AvgIpc) is 2.85. The molecule has 26 heavy (non-hydrogen) atoms. The molecule has 6 nitrogen and oxygen atoms in total. The number of alkyl halides is 3. The number of anilines is 3. The van der Waals surface area contributed by atoms with Crippen LogP contribution in [0.15, 0.2) is 30.3 Å². The molecule has 1 saturated heterocycles. The Morgan fingerprint density at radius 3 is 2.62 bits per heavy atom. The molecule has 0 radical (unpaired) electrons. The smallest absolute Gasteiger partial charge is 0.366 e. The Labute approximate surface area is 148 Å². The van der Waals surface area contributed by atoms with E-state index in [0.717, 1.165) is 12.1 Å². The Morgan fingerprint density at radius 2 is 1.96 bits per heavy atom. The number of rotatable bonds is 4. The van der Waals surface area contributed by atoms with Crippen molar-refractivity contribution in [3.8, 4) is 0 Å². The highest BCUT2D eigenvalue weighted by Crippen LogP contribution is 2.31. The summed E-state index contributed by atoms with van der Waals surface area (Å²) in [7, 11) is -3.03. The van der Waals surface area contributed by atoms with Gasteiger partial charge in [-0.05, 0) is 31.5 Å². The predicted octanol–water partition coefficient (Wildman–Crippen LogP) is 3.15. The van der Waals surface area contributed by atoms with Gasteiger partial charge >= 0.3 is 6.18 Å². The van der Waals surface area contributed by atoms with E-state index in [9.17, 15) is 21.6 Å². The molecule has 10 heteroatoms. The summed E-state index contributed by atoms with van der Waals surface area (Å²) in [5.41, 5.74) is 0.0299. The standard InChI is InChI=1S/C16H17F3N4O2S/c1-10-7-14(21-13-5-6-26(24,25)9-13)23-15(20-10)22-12-4-2-3-11(8-12)16(17,18)19/h2-4,7-8,13H,5-6,9H2,1H3,(H2,20,21,22,23). The van der Waals surface area contributed by atoms with E-state index in [1.54, 1.807) is 13.0 Å². The number of benzene rings is 1. The lowest BCUT2D eigenvalue weighted by Gasteiger charge is -2.14. The summed E-state index contributed by atoms with van der Waals surface area (Å²) in [6.45, 7) is 1.72. The molecule has 1 aliphatic heterocycles. The fourth-order valence-electron chi connectivity index (χ4n) is 2.72. The molecule has 1 aromatic heterocycles. The molecule has 2 N–H and O–H groups in total. The van der Waals surface area contributed by atoms with Crippen LogP contribution in [0.5, 0.6) is 0 Å². The maximum atomic E-state index is 12.8. The second-order valence-electron chi connectivity index (χ2n) is 6.17. The quantitative estimate of drug-likeness (QED) is 0.840. The number of hydrogen-bond acceptors (Lipinski definition) is 6. The fraction of sp³-hybridized carbons (Fsp3) is 0.375. The van der Waals surface area contributed by atoms with Crippen LogP contribution >= 0.6 is 0 Å². The third-order valence-electron chi connectivity index (χ3n) is 3.88. The topological polar surface area (TPSA) is 84.0 Å². The van der Waals surface area contributed by atoms with Gasteiger partial charge in [0, 0.05) is 23.5 Å². The van der Waals surface area contributed by atoms with E-state index in [0.29, 0.717) is 17.9 Å². The molecule has 2 heterocycles. The molecule has 0 saturated carbocycles. The van der Waals surface area contributed by atoms with Crippen LogP contribution in [0.25, 0.3) is 0 Å². The van der Waals surface area contributed by atoms with Gasteiger partial charge in [0.25, 0.3) is 0 Å². The van der Waals surface area contributed by atoms with Gasteiger partial charge in [-0.15, -0.1) is 0 Å². The van der Waals surface area contributed by atoms with Crippen molar-refractivity contribution in [3.05, 3.63) is 41.6 Å². The van der Waals surface area contributed by atoms with Crippen LogP contribution < -0.4 is 10.6 Å². The summed E-state index contributed by atoms with van der Waals surface area (Å²) in [6, 6.07) is 6.15. The molecule has 0 aliphatic carbocycles. The van der Waals surface area contributed by atoms with Crippen LogP contribution in [0.4, 0.5) is 30.6 Å². The highest BCUT2D eigenvalue weighted by atomic mass is 32.2. The molecule has 1 fully saturated rings. The summed E-state index contributed by atoms with van der Waals surface area (Å²) in [5, 5.41) is 5.81. The van der Waals surface area contributed by atoms with Crippen LogP contribution in [0.1, 0.15) is 17.7 Å². The minimum Gasteiger partial charge on any atom is -0.366 e. The van der Waals surface area contributed by atoms with Crippen LogP contribution in [-0.2, 0) is 16.0 Å². The van der Waals surface area contributed by atoms with Gasteiger partial charge in [0.15, 0.2) is 9.84 Å². The lowest BCUT2D eigenvalue weighted by atomic mass is 10.2. The Kier molecular flexibility index (Phi) is 4.78. The van der Waals surface area contributed by atoms with Crippen LogP contribution in [0.3, 0.4) is 0 Å². The lowest BCUT2D eigenvalue weighted by Crippen LogP contribution is -2.21. The van der Waals surface area contributed by atoms with Gasteiger partial charge in [-0.25, -0.2) is 13.4 Å². The Morgan fingerprint density at radius 1 is 1.19 bits per heavy atom. The van der Waals surface area contributed by atoms with Gasteiger partial charge in [0.2, 0.25) is 5.95 Å². The molecule has 0 spiro atoms. The number of sulfone groups is 1. The van der Waals surface area contributed by atoms with Gasteiger partial charge in [-0.3, -0.25) is 0 Å². The summed E-state index contributed by atoms with van der Waals surface area (Å²) in [5.74, 6) is 0.720. The molecule has 2 aromatic rings. The Hall–Kier alpha value is -2.36. The van der Waals surface area contributed by atoms with Crippen LogP contribution in [0, 0.1) is 6.92 Å². The summed E-state index contributed by atoms with van der Waals surface area (Å²) < 4.78 is 61.5. The van der Waals surface area contributed by atoms with E-state index in [1.807, 2.05) is 0 Å². The molecule has 140 valence electrons. The highest BCUT2D eigenvalue weighted by molar-refractivity contribution is 7.91. The Bertz CT molecular complexity index is 916. The zero-order chi connectivity index (χ0) is 18.9. The zero-order valence-corrected chi connectivity index (χ0v) is 14.7. The van der Waals surface area contributed by atoms with E-state index in [4.69, 9.17) is 0 Å². The van der Waals surface area contributed by atoms with Crippen molar-refractivity contribution in [2.75, 3.05) is 22.1 Å². The molecular formula is C16H17F3N4O2S. The predicted molar refractivity (Wildman–Crippen MR) is 92.2 cm³/mol. The molecule has 1 atom stereocenters. The zero-order valence-electron chi connectivity index (χ0n) is 13.8. The third kappa shape index (κ3) is 4.63. The first-order chi connectivity index (χ1) is 12.1. The van der Waals surface area contributed by atoms with Crippen molar-refractivity contribution in [1.29, 1.82) is 0 Å². The number of nitrogens with zero attached hydrogens (tertiary/aromatic N) is 2. The first-order valence-electron chi connectivity index (χ1n) is 7.88. The number of hydrogen-bond donors (Lipinski definition) is 2. The van der Waals surface area contributed by atoms with Crippen molar-refractivity contribution >= 4 is 27.3 Å². The molecule has 0 amide bonds. The molecule has 0 bridgehead atoms. The SMILES string of the molecule is Cc1cc(NC2CCS(=O)(=O)C2)nc(Nc2cccc(C(F)(F)F)c2)n1. The second-order valence-corrected chi connectivity index (χ2v) is 8.39. The van der Waals surface area contributed by atoms with Crippen molar-refractivity contribution in [3.63, 3.8) is 0 Å². The maximum Gasteiger partial charge on any atom is 0.416 e. The van der Waals surface area contributed by atoms with Crippen LogP contribution in [0.2, 0.25) is 0 Å². The normalized spacial score (nSPS) is 19.3. The second kappa shape index (κ2) is 6.75. The van der Waals surface area contributed by atoms with Gasteiger partial charge in [-0.2, -0.15) is 18.2 Å². The van der Waals surface area contributed by atoms with E-state index >= 15 is 0 Å². The number of aryl methyl sites for hydroxylation is 1. The van der Waals surface area contributed by atoms with E-state index in [-0.39, 0.29) is 29.2 Å². The van der Waals surface area contributed by atoms with Crippen molar-refractivity contribution in [2.45, 2.75) is 25.6 Å². The Balaban J connectivity index is 1.78. The highest BCUT2D eigenvalue weighted by Gasteiger charge is 2.30. The maximum absolute atomic E-state index is 12.8. The molecule has 1 aromatic carbocycles. The molecule has 3 rings (SSSR count). The minimum atomic E-state index is -4.44. The number of aromatic nitrogens is 2. The largest absolute Gasteiger partial charge is 0.416 e. The monoisotopic (exact) mass is 386 g/mol. The van der Waals surface area contributed by atoms with E-state index in [1.165, 1.54) is 12.1 Å². The van der Waals surface area contributed by atoms with Crippen LogP contribution in [-0.4, -0.2) is 35.9 Å². The van der Waals surface area contributed by atoms with E-state index in [2.05, 4.69) is 20.6 Å². The average molecular weight is 386 g/mol. The van der Waals surface area contributed by atoms with Crippen molar-refractivity contribution in [1.82, 2.24) is 9.97 Å². The van der Waals surface area contributed by atoms with Crippen molar-refractivity contribution < 1.29 is 21.6 Å². The van der Waals surface area contributed by atoms with Gasteiger partial charge in [0.1, 0.15) is 5.82 Å². The summed E-state index contributed by atoms with van der Waals surface area (Å²) in [4.78, 5) is 8.38. The van der Waals surface area contributed by atoms with Crippen molar-refractivity contribution in [2.24, 2.45) is 0 Å². The first-order valence-corrected chi connectivity index (χ1v) is 9.70. The van der Waals surface area contributed by atoms with E-state index < -0.39 is 21.6 Å². The summed E-state index contributed by atoms with van der Waals surface area (Å²) in [6.07, 6.45) is -3.95. The summed E-state index contributed by atoms with van der Waals surface area (Å²) >= 11 is 0. The minimum absolute atomic E-state index is 0.0342. The number of halogens is 3. The van der Waals surface area contributed by atoms with Gasteiger partial charge < -0.3 is 10.6 Å². The first kappa shape index (κ1) is 18.4. The molecule has 1 unspecified atom stereocenters. The molecule has 1 aliphatic rings. The third-order valence-corrected chi connectivity index (χ3v) is 5.65.